The molecule has 2 aliphatic heterocycles. The summed E-state index contributed by atoms with van der Waals surface area (Å²) in [6.07, 6.45) is 2.81. The summed E-state index contributed by atoms with van der Waals surface area (Å²) in [5.41, 5.74) is -3.98. The Morgan fingerprint density at radius 2 is 1.80 bits per heavy atom. The molecule has 0 radical (unpaired) electrons. The summed E-state index contributed by atoms with van der Waals surface area (Å²) in [5, 5.41) is 6.68. The Labute approximate surface area is 348 Å². The third kappa shape index (κ3) is 9.32. The molecule has 7 atom stereocenters. The van der Waals surface area contributed by atoms with Crippen LogP contribution in [-0.4, -0.2) is 101 Å². The zero-order valence-electron chi connectivity index (χ0n) is 35.1. The number of hydrogen-bond acceptors (Lipinski definition) is 10. The van der Waals surface area contributed by atoms with Gasteiger partial charge in [-0.15, -0.1) is 0 Å². The average molecular weight is 864 g/mol. The molecule has 1 aromatic carbocycles. The largest absolute Gasteiger partial charge is 0.475 e. The highest BCUT2D eigenvalue weighted by atomic mass is 32.2. The number of sulfonamides is 1. The van der Waals surface area contributed by atoms with E-state index in [9.17, 15) is 40.8 Å². The van der Waals surface area contributed by atoms with Crippen molar-refractivity contribution in [1.82, 2.24) is 25.2 Å². The summed E-state index contributed by atoms with van der Waals surface area (Å²) in [6.45, 7) is 8.72. The second-order valence-corrected chi connectivity index (χ2v) is 20.0. The summed E-state index contributed by atoms with van der Waals surface area (Å²) in [4.78, 5) is 62.6. The summed E-state index contributed by atoms with van der Waals surface area (Å²) in [5.74, 6) is -6.75. The maximum Gasteiger partial charge on any atom is 0.408 e. The minimum Gasteiger partial charge on any atom is -0.475 e. The van der Waals surface area contributed by atoms with Crippen molar-refractivity contribution < 1.29 is 55.0 Å². The van der Waals surface area contributed by atoms with Gasteiger partial charge in [-0.25, -0.2) is 26.4 Å². The predicted molar refractivity (Wildman–Crippen MR) is 215 cm³/mol. The first-order valence-corrected chi connectivity index (χ1v) is 22.0. The Hall–Kier alpha value is -4.61. The monoisotopic (exact) mass is 863 g/mol. The molecule has 2 aliphatic carbocycles. The van der Waals surface area contributed by atoms with Gasteiger partial charge in [0.2, 0.25) is 33.6 Å². The lowest BCUT2D eigenvalue weighted by atomic mass is 9.88. The standard InChI is InChI=1S/C42H56F3N5O9S/c1-24(2)57-32-19-27-13-9-11-15-30(27)35(46-32)58-29-20-31-34(51)48-42(37(53)49-60(55,56)41(23-43)16-17-41)21-28(42)14-10-8-12-25(3)18-26(4)33(36(52)50(31)22-29)47-38(54)59-39(5,6)40(7,44)45/h9-11,13-15,19,24-26,28-29,31,33H,8,12,16-18,20-23H2,1-7H3,(H,47,54)(H,48,51)(H,49,53)/b14-10-/t25-,26+,28+,29+,31-,33-,42+/m0/s1. The predicted octanol–water partition coefficient (Wildman–Crippen LogP) is 5.73. The number of pyridine rings is 1. The van der Waals surface area contributed by atoms with Crippen LogP contribution < -0.4 is 24.8 Å². The van der Waals surface area contributed by atoms with Gasteiger partial charge in [0.05, 0.1) is 12.6 Å². The van der Waals surface area contributed by atoms with Crippen LogP contribution in [0.5, 0.6) is 11.8 Å². The van der Waals surface area contributed by atoms with Crippen LogP contribution in [0.25, 0.3) is 10.8 Å². The van der Waals surface area contributed by atoms with Gasteiger partial charge in [-0.3, -0.25) is 19.1 Å². The Morgan fingerprint density at radius 1 is 1.10 bits per heavy atom. The highest BCUT2D eigenvalue weighted by Crippen LogP contribution is 2.48. The fraction of sp³-hybridized carbons (Fsp3) is 0.643. The van der Waals surface area contributed by atoms with Crippen LogP contribution in [0.1, 0.15) is 93.4 Å². The van der Waals surface area contributed by atoms with Crippen LogP contribution in [0.15, 0.2) is 42.5 Å². The lowest BCUT2D eigenvalue weighted by Crippen LogP contribution is -2.60. The van der Waals surface area contributed by atoms with E-state index in [1.165, 1.54) is 4.90 Å². The molecule has 14 nitrogen and oxygen atoms in total. The number of aromatic nitrogens is 1. The second kappa shape index (κ2) is 16.7. The van der Waals surface area contributed by atoms with Gasteiger partial charge in [0.15, 0.2) is 5.60 Å². The summed E-state index contributed by atoms with van der Waals surface area (Å²) < 4.78 is 87.1. The number of alkyl halides is 3. The lowest BCUT2D eigenvalue weighted by Gasteiger charge is -2.35. The Morgan fingerprint density at radius 3 is 2.45 bits per heavy atom. The molecule has 330 valence electrons. The number of benzene rings is 1. The van der Waals surface area contributed by atoms with E-state index in [1.54, 1.807) is 31.2 Å². The molecule has 18 heteroatoms. The van der Waals surface area contributed by atoms with Crippen LogP contribution in [0, 0.1) is 17.8 Å². The average Bonchev–Trinajstić information content (AvgIpc) is 4.05. The third-order valence-electron chi connectivity index (χ3n) is 12.3. The van der Waals surface area contributed by atoms with Crippen LogP contribution in [0.2, 0.25) is 0 Å². The molecule has 0 spiro atoms. The van der Waals surface area contributed by atoms with Gasteiger partial charge in [0.25, 0.3) is 11.8 Å². The van der Waals surface area contributed by atoms with E-state index in [2.05, 4.69) is 15.6 Å². The van der Waals surface area contributed by atoms with Gasteiger partial charge in [-0.05, 0) is 89.5 Å². The summed E-state index contributed by atoms with van der Waals surface area (Å²) in [7, 11) is -4.45. The molecule has 3 heterocycles. The molecule has 60 heavy (non-hydrogen) atoms. The van der Waals surface area contributed by atoms with E-state index < -0.39 is 92.3 Å². The molecule has 1 saturated heterocycles. The molecule has 2 saturated carbocycles. The zero-order valence-corrected chi connectivity index (χ0v) is 35.9. The van der Waals surface area contributed by atoms with Gasteiger partial charge in [0, 0.05) is 30.7 Å². The number of nitrogens with one attached hydrogen (secondary N) is 3. The van der Waals surface area contributed by atoms with E-state index in [1.807, 2.05) is 43.7 Å². The van der Waals surface area contributed by atoms with Gasteiger partial charge in [0.1, 0.15) is 35.1 Å². The number of alkyl carbamates (subject to hydrolysis) is 1. The Balaban J connectivity index is 1.37. The van der Waals surface area contributed by atoms with Crippen molar-refractivity contribution in [2.24, 2.45) is 17.8 Å². The molecule has 0 bridgehead atoms. The number of carbonyl (C=O) groups excluding carboxylic acids is 4. The van der Waals surface area contributed by atoms with Crippen LogP contribution >= 0.6 is 0 Å². The molecule has 4 amide bonds. The van der Waals surface area contributed by atoms with Gasteiger partial charge >= 0.3 is 6.09 Å². The second-order valence-electron chi connectivity index (χ2n) is 17.9. The number of amides is 4. The maximum atomic E-state index is 14.9. The van der Waals surface area contributed by atoms with E-state index >= 15 is 0 Å². The van der Waals surface area contributed by atoms with Crippen molar-refractivity contribution in [1.29, 1.82) is 0 Å². The van der Waals surface area contributed by atoms with E-state index in [0.29, 0.717) is 31.6 Å². The SMILES string of the molecule is CC(C)Oc1cc2ccccc2c(O[C@@H]2C[C@H]3C(=O)N[C@]4(C(=O)NS(=O)(=O)C5(CF)CC5)C[C@H]4/C=C\CC[C@H](C)C[C@@H](C)[C@H](NC(=O)OC(C)(C)C(C)(F)F)C(=O)N3C2)n1. The maximum absolute atomic E-state index is 14.9. The van der Waals surface area contributed by atoms with Crippen molar-refractivity contribution >= 4 is 44.6 Å². The lowest BCUT2D eigenvalue weighted by molar-refractivity contribution is -0.152. The number of allylic oxidation sites excluding steroid dienone is 1. The highest BCUT2D eigenvalue weighted by Gasteiger charge is 2.64. The third-order valence-corrected chi connectivity index (χ3v) is 14.4. The number of halogens is 3. The quantitative estimate of drug-likeness (QED) is 0.236. The minimum atomic E-state index is -4.45. The summed E-state index contributed by atoms with van der Waals surface area (Å²) >= 11 is 0. The van der Waals surface area contributed by atoms with Crippen LogP contribution in [0.3, 0.4) is 0 Å². The molecule has 0 unspecified atom stereocenters. The number of hydrogen-bond donors (Lipinski definition) is 3. The zero-order chi connectivity index (χ0) is 44.0. The van der Waals surface area contributed by atoms with Gasteiger partial charge in [-0.1, -0.05) is 44.2 Å². The topological polar surface area (TPSA) is 182 Å². The van der Waals surface area contributed by atoms with Gasteiger partial charge < -0.3 is 29.7 Å². The molecule has 2 aromatic rings. The first-order chi connectivity index (χ1) is 28.0. The minimum absolute atomic E-state index is 0.0166. The molecule has 3 fully saturated rings. The molecule has 3 N–H and O–H groups in total. The fourth-order valence-electron chi connectivity index (χ4n) is 7.92. The highest BCUT2D eigenvalue weighted by molar-refractivity contribution is 7.91. The number of fused-ring (bicyclic) bond motifs is 3. The molecule has 1 aromatic heterocycles. The summed E-state index contributed by atoms with van der Waals surface area (Å²) in [6, 6.07) is 6.35. The van der Waals surface area contributed by atoms with Crippen LogP contribution in [-0.2, 0) is 29.1 Å². The molecular formula is C42H56F3N5O9S. The van der Waals surface area contributed by atoms with E-state index in [4.69, 9.17) is 14.2 Å². The molecular weight excluding hydrogens is 808 g/mol. The van der Waals surface area contributed by atoms with Crippen LogP contribution in [0.4, 0.5) is 18.0 Å². The Bertz CT molecular complexity index is 2130. The molecule has 6 rings (SSSR count). The van der Waals surface area contributed by atoms with Crippen molar-refractivity contribution in [2.75, 3.05) is 13.2 Å². The first-order valence-electron chi connectivity index (χ1n) is 20.5. The smallest absolute Gasteiger partial charge is 0.408 e. The van der Waals surface area contributed by atoms with Crippen molar-refractivity contribution in [2.45, 2.75) is 140 Å². The number of rotatable bonds is 11. The van der Waals surface area contributed by atoms with Gasteiger partial charge in [-0.2, -0.15) is 4.98 Å². The number of ether oxygens (including phenoxy) is 3. The number of nitrogens with zero attached hydrogens (tertiary/aromatic N) is 2. The Kier molecular flexibility index (Phi) is 12.5. The van der Waals surface area contributed by atoms with E-state index in [-0.39, 0.29) is 56.0 Å². The molecule has 4 aliphatic rings. The van der Waals surface area contributed by atoms with Crippen molar-refractivity contribution in [3.63, 3.8) is 0 Å². The number of carbonyl (C=O) groups is 4. The van der Waals surface area contributed by atoms with Crippen molar-refractivity contribution in [3.8, 4) is 11.8 Å². The van der Waals surface area contributed by atoms with Crippen molar-refractivity contribution in [3.05, 3.63) is 42.5 Å². The fourth-order valence-corrected chi connectivity index (χ4v) is 9.35. The van der Waals surface area contributed by atoms with E-state index in [0.717, 1.165) is 19.2 Å². The normalized spacial score (nSPS) is 28.9. The first kappa shape index (κ1) is 44.9.